The highest BCUT2D eigenvalue weighted by Gasteiger charge is 2.30. The standard InChI is InChI=1S/C23H41N9O5S/c1-13(2)9-15(24)19(33)30-16(6-8-38-3)20(34)32-18(10-14-11-27-12-29-14)21(35)31-17(22(36)37)5-4-7-28-23(25)26/h11-13,15-18H,4-10,24H2,1-3H3,(H,27,29)(H,30,33)(H,31,35)(H,32,34)(H,36,37)(H4,25,26,28). The van der Waals surface area contributed by atoms with Gasteiger partial charge in [0, 0.05) is 24.9 Å². The topological polar surface area (TPSA) is 244 Å². The number of aromatic amines is 1. The fourth-order valence-electron chi connectivity index (χ4n) is 3.53. The molecule has 0 aromatic carbocycles. The van der Waals surface area contributed by atoms with Crippen LogP contribution in [0.15, 0.2) is 17.5 Å². The number of aromatic nitrogens is 2. The lowest BCUT2D eigenvalue weighted by Crippen LogP contribution is -2.57. The SMILES string of the molecule is CSCCC(NC(=O)C(N)CC(C)C)C(=O)NC(Cc1cnc[nH]1)C(=O)NC(CCCN=C(N)N)C(=O)O. The van der Waals surface area contributed by atoms with Crippen molar-refractivity contribution >= 4 is 41.4 Å². The predicted molar refractivity (Wildman–Crippen MR) is 146 cm³/mol. The number of aliphatic carboxylic acids is 1. The van der Waals surface area contributed by atoms with Crippen LogP contribution in [0.1, 0.15) is 45.2 Å². The maximum absolute atomic E-state index is 13.2. The zero-order valence-electron chi connectivity index (χ0n) is 22.1. The van der Waals surface area contributed by atoms with Crippen LogP contribution in [0.4, 0.5) is 0 Å². The molecule has 38 heavy (non-hydrogen) atoms. The number of thioether (sulfide) groups is 1. The number of aliphatic imine (C=N–C) groups is 1. The normalized spacial score (nSPS) is 14.1. The molecule has 0 aliphatic rings. The molecule has 1 aromatic rings. The lowest BCUT2D eigenvalue weighted by molar-refractivity contribution is -0.142. The molecule has 15 heteroatoms. The Morgan fingerprint density at radius 3 is 2.24 bits per heavy atom. The van der Waals surface area contributed by atoms with Crippen LogP contribution in [0.25, 0.3) is 0 Å². The molecular formula is C23H41N9O5S. The van der Waals surface area contributed by atoms with Gasteiger partial charge in [-0.15, -0.1) is 0 Å². The van der Waals surface area contributed by atoms with E-state index in [0.717, 1.165) is 0 Å². The first-order valence-electron chi connectivity index (χ1n) is 12.4. The van der Waals surface area contributed by atoms with Crippen LogP contribution >= 0.6 is 11.8 Å². The van der Waals surface area contributed by atoms with Crippen LogP contribution in [0.3, 0.4) is 0 Å². The van der Waals surface area contributed by atoms with Crippen molar-refractivity contribution in [2.45, 2.75) is 70.1 Å². The number of carboxylic acid groups (broad SMARTS) is 1. The first-order chi connectivity index (χ1) is 17.9. The van der Waals surface area contributed by atoms with E-state index in [1.165, 1.54) is 24.3 Å². The van der Waals surface area contributed by atoms with Crippen molar-refractivity contribution in [2.75, 3.05) is 18.6 Å². The number of nitrogens with one attached hydrogen (secondary N) is 4. The molecule has 0 radical (unpaired) electrons. The molecule has 0 spiro atoms. The minimum absolute atomic E-state index is 0.0218. The number of H-pyrrole nitrogens is 1. The molecule has 214 valence electrons. The van der Waals surface area contributed by atoms with E-state index in [0.29, 0.717) is 30.7 Å². The zero-order chi connectivity index (χ0) is 28.7. The van der Waals surface area contributed by atoms with Gasteiger partial charge in [0.25, 0.3) is 0 Å². The number of rotatable bonds is 18. The summed E-state index contributed by atoms with van der Waals surface area (Å²) in [6.07, 6.45) is 5.96. The van der Waals surface area contributed by atoms with Crippen molar-refractivity contribution in [1.29, 1.82) is 0 Å². The van der Waals surface area contributed by atoms with Gasteiger partial charge in [0.15, 0.2) is 5.96 Å². The Hall–Kier alpha value is -3.33. The van der Waals surface area contributed by atoms with Crippen LogP contribution in [0.2, 0.25) is 0 Å². The summed E-state index contributed by atoms with van der Waals surface area (Å²) in [6.45, 7) is 4.08. The van der Waals surface area contributed by atoms with Gasteiger partial charge < -0.3 is 43.2 Å². The summed E-state index contributed by atoms with van der Waals surface area (Å²) in [5.41, 5.74) is 17.1. The smallest absolute Gasteiger partial charge is 0.326 e. The minimum atomic E-state index is -1.24. The van der Waals surface area contributed by atoms with E-state index < -0.39 is 47.9 Å². The highest BCUT2D eigenvalue weighted by atomic mass is 32.2. The van der Waals surface area contributed by atoms with Crippen molar-refractivity contribution in [2.24, 2.45) is 28.1 Å². The number of hydrogen-bond donors (Lipinski definition) is 8. The molecule has 0 saturated heterocycles. The summed E-state index contributed by atoms with van der Waals surface area (Å²) in [5, 5.41) is 17.4. The van der Waals surface area contributed by atoms with Crippen LogP contribution < -0.4 is 33.2 Å². The summed E-state index contributed by atoms with van der Waals surface area (Å²) < 4.78 is 0. The van der Waals surface area contributed by atoms with Crippen LogP contribution in [-0.2, 0) is 25.6 Å². The number of carboxylic acids is 1. The lowest BCUT2D eigenvalue weighted by atomic mass is 10.0. The van der Waals surface area contributed by atoms with Crippen molar-refractivity contribution in [3.8, 4) is 0 Å². The molecule has 0 aliphatic carbocycles. The Labute approximate surface area is 226 Å². The summed E-state index contributed by atoms with van der Waals surface area (Å²) in [7, 11) is 0. The van der Waals surface area contributed by atoms with Gasteiger partial charge in [0.2, 0.25) is 17.7 Å². The van der Waals surface area contributed by atoms with E-state index in [1.807, 2.05) is 20.1 Å². The Morgan fingerprint density at radius 1 is 1.05 bits per heavy atom. The van der Waals surface area contributed by atoms with Gasteiger partial charge in [-0.05, 0) is 43.6 Å². The molecule has 0 fully saturated rings. The average Bonchev–Trinajstić information content (AvgIpc) is 3.35. The molecule has 4 unspecified atom stereocenters. The van der Waals surface area contributed by atoms with E-state index in [2.05, 4.69) is 30.9 Å². The molecule has 1 rings (SSSR count). The van der Waals surface area contributed by atoms with E-state index in [1.54, 1.807) is 0 Å². The van der Waals surface area contributed by atoms with E-state index >= 15 is 0 Å². The average molecular weight is 556 g/mol. The molecule has 0 saturated carbocycles. The van der Waals surface area contributed by atoms with Gasteiger partial charge in [0.05, 0.1) is 12.4 Å². The number of nitrogens with two attached hydrogens (primary N) is 3. The lowest BCUT2D eigenvalue weighted by Gasteiger charge is -2.25. The number of carbonyl (C=O) groups excluding carboxylic acids is 3. The third-order valence-electron chi connectivity index (χ3n) is 5.48. The van der Waals surface area contributed by atoms with Crippen LogP contribution in [0, 0.1) is 5.92 Å². The van der Waals surface area contributed by atoms with E-state index in [4.69, 9.17) is 17.2 Å². The first-order valence-corrected chi connectivity index (χ1v) is 13.7. The van der Waals surface area contributed by atoms with E-state index in [-0.39, 0.29) is 31.3 Å². The van der Waals surface area contributed by atoms with Gasteiger partial charge in [-0.3, -0.25) is 19.4 Å². The first kappa shape index (κ1) is 32.7. The maximum atomic E-state index is 13.2. The Morgan fingerprint density at radius 2 is 1.68 bits per heavy atom. The molecule has 0 aliphatic heterocycles. The number of carbonyl (C=O) groups is 4. The summed E-state index contributed by atoms with van der Waals surface area (Å²) in [6, 6.07) is -4.07. The second-order valence-electron chi connectivity index (χ2n) is 9.27. The summed E-state index contributed by atoms with van der Waals surface area (Å²) in [4.78, 5) is 61.3. The quantitative estimate of drug-likeness (QED) is 0.0602. The molecule has 4 atom stereocenters. The van der Waals surface area contributed by atoms with E-state index in [9.17, 15) is 24.3 Å². The fraction of sp³-hybridized carbons (Fsp3) is 0.652. The number of amides is 3. The molecule has 14 nitrogen and oxygen atoms in total. The molecule has 3 amide bonds. The number of guanidine groups is 1. The van der Waals surface area contributed by atoms with Crippen LogP contribution in [-0.4, -0.2) is 87.4 Å². The molecular weight excluding hydrogens is 514 g/mol. The molecule has 1 aromatic heterocycles. The highest BCUT2D eigenvalue weighted by Crippen LogP contribution is 2.08. The highest BCUT2D eigenvalue weighted by molar-refractivity contribution is 7.98. The zero-order valence-corrected chi connectivity index (χ0v) is 22.9. The van der Waals surface area contributed by atoms with Crippen molar-refractivity contribution in [1.82, 2.24) is 25.9 Å². The second-order valence-corrected chi connectivity index (χ2v) is 10.3. The van der Waals surface area contributed by atoms with Gasteiger partial charge in [-0.2, -0.15) is 11.8 Å². The third kappa shape index (κ3) is 12.8. The van der Waals surface area contributed by atoms with Gasteiger partial charge in [-0.1, -0.05) is 13.8 Å². The fourth-order valence-corrected chi connectivity index (χ4v) is 4.00. The van der Waals surface area contributed by atoms with Gasteiger partial charge >= 0.3 is 5.97 Å². The van der Waals surface area contributed by atoms with Crippen molar-refractivity contribution < 1.29 is 24.3 Å². The summed E-state index contributed by atoms with van der Waals surface area (Å²) in [5.74, 6) is -2.32. The number of hydrogen-bond acceptors (Lipinski definition) is 8. The van der Waals surface area contributed by atoms with Gasteiger partial charge in [0.1, 0.15) is 18.1 Å². The number of imidazole rings is 1. The van der Waals surface area contributed by atoms with Crippen LogP contribution in [0.5, 0.6) is 0 Å². The molecule has 11 N–H and O–H groups in total. The monoisotopic (exact) mass is 555 g/mol. The summed E-state index contributed by atoms with van der Waals surface area (Å²) >= 11 is 1.50. The van der Waals surface area contributed by atoms with Crippen molar-refractivity contribution in [3.63, 3.8) is 0 Å². The number of nitrogens with zero attached hydrogens (tertiary/aromatic N) is 2. The Bertz CT molecular complexity index is 922. The second kappa shape index (κ2) is 17.2. The predicted octanol–water partition coefficient (Wildman–Crippen LogP) is -1.33. The third-order valence-corrected chi connectivity index (χ3v) is 6.12. The molecule has 1 heterocycles. The minimum Gasteiger partial charge on any atom is -0.480 e. The van der Waals surface area contributed by atoms with Crippen molar-refractivity contribution in [3.05, 3.63) is 18.2 Å². The maximum Gasteiger partial charge on any atom is 0.326 e. The van der Waals surface area contributed by atoms with Gasteiger partial charge in [-0.25, -0.2) is 9.78 Å². The molecule has 0 bridgehead atoms. The Balaban J connectivity index is 3.01. The Kier molecular flexibility index (Phi) is 14.8. The largest absolute Gasteiger partial charge is 0.480 e.